The first-order valence-electron chi connectivity index (χ1n) is 8.79. The van der Waals surface area contributed by atoms with Crippen molar-refractivity contribution in [3.8, 4) is 0 Å². The molecule has 1 aliphatic rings. The number of thioether (sulfide) groups is 1. The van der Waals surface area contributed by atoms with Crippen LogP contribution in [0.25, 0.3) is 0 Å². The van der Waals surface area contributed by atoms with Gasteiger partial charge in [-0.25, -0.2) is 0 Å². The Morgan fingerprint density at radius 1 is 1.12 bits per heavy atom. The fourth-order valence-electron chi connectivity index (χ4n) is 3.11. The summed E-state index contributed by atoms with van der Waals surface area (Å²) in [6.45, 7) is 4.22. The molecule has 2 heterocycles. The number of aryl methyl sites for hydroxylation is 2. The summed E-state index contributed by atoms with van der Waals surface area (Å²) < 4.78 is 1.60. The number of hydrogen-bond donors (Lipinski definition) is 0. The van der Waals surface area contributed by atoms with E-state index >= 15 is 0 Å². The predicted molar refractivity (Wildman–Crippen MR) is 102 cm³/mol. The predicted octanol–water partition coefficient (Wildman–Crippen LogP) is 3.33. The third-order valence-electron chi connectivity index (χ3n) is 4.65. The molecule has 0 aliphatic carbocycles. The van der Waals surface area contributed by atoms with E-state index in [1.54, 1.807) is 16.8 Å². The first-order valence-corrected chi connectivity index (χ1v) is 9.67. The third kappa shape index (κ3) is 4.75. The van der Waals surface area contributed by atoms with Gasteiger partial charge in [0, 0.05) is 48.5 Å². The molecule has 0 N–H and O–H groups in total. The Morgan fingerprint density at radius 2 is 1.84 bits per heavy atom. The minimum atomic E-state index is -0.0522. The minimum absolute atomic E-state index is 0.0522. The number of rotatable bonds is 5. The van der Waals surface area contributed by atoms with E-state index in [1.807, 2.05) is 22.7 Å². The third-order valence-corrected chi connectivity index (χ3v) is 6.16. The molecule has 132 valence electrons. The Labute approximate surface area is 152 Å². The van der Waals surface area contributed by atoms with E-state index in [-0.39, 0.29) is 11.5 Å². The lowest BCUT2D eigenvalue weighted by Crippen LogP contribution is -2.39. The highest BCUT2D eigenvalue weighted by Gasteiger charge is 2.23. The summed E-state index contributed by atoms with van der Waals surface area (Å²) in [5.41, 5.74) is 1.27. The van der Waals surface area contributed by atoms with Gasteiger partial charge in [-0.05, 0) is 37.5 Å². The molecule has 0 atom stereocenters. The van der Waals surface area contributed by atoms with Crippen LogP contribution in [0.5, 0.6) is 0 Å². The number of carbonyl (C=O) groups excluding carboxylic acids is 1. The lowest BCUT2D eigenvalue weighted by molar-refractivity contribution is -0.132. The van der Waals surface area contributed by atoms with E-state index < -0.39 is 0 Å². The van der Waals surface area contributed by atoms with Crippen LogP contribution < -0.4 is 5.56 Å². The van der Waals surface area contributed by atoms with Gasteiger partial charge in [0.05, 0.1) is 0 Å². The number of hydrogen-bond acceptors (Lipinski definition) is 3. The van der Waals surface area contributed by atoms with Crippen molar-refractivity contribution < 1.29 is 4.79 Å². The molecule has 4 nitrogen and oxygen atoms in total. The van der Waals surface area contributed by atoms with E-state index in [9.17, 15) is 9.59 Å². The summed E-state index contributed by atoms with van der Waals surface area (Å²) in [5.74, 6) is 0.148. The van der Waals surface area contributed by atoms with Crippen LogP contribution in [-0.4, -0.2) is 33.7 Å². The molecule has 3 rings (SSSR count). The van der Waals surface area contributed by atoms with Gasteiger partial charge in [-0.3, -0.25) is 9.59 Å². The van der Waals surface area contributed by atoms with Crippen molar-refractivity contribution in [3.63, 3.8) is 0 Å². The molecule has 1 amide bonds. The number of aromatic nitrogens is 1. The van der Waals surface area contributed by atoms with Gasteiger partial charge in [0.25, 0.3) is 5.56 Å². The van der Waals surface area contributed by atoms with Crippen molar-refractivity contribution in [3.05, 3.63) is 64.6 Å². The molecule has 1 aliphatic heterocycles. The Balaban J connectivity index is 1.47. The van der Waals surface area contributed by atoms with Gasteiger partial charge in [0.15, 0.2) is 0 Å². The zero-order chi connectivity index (χ0) is 17.6. The molecule has 2 aromatic rings. The highest BCUT2D eigenvalue weighted by Crippen LogP contribution is 2.32. The molecular weight excluding hydrogens is 332 g/mol. The summed E-state index contributed by atoms with van der Waals surface area (Å²) in [4.78, 5) is 27.4. The smallest absolute Gasteiger partial charge is 0.250 e. The molecule has 0 radical (unpaired) electrons. The molecule has 0 spiro atoms. The Bertz CT molecular complexity index is 779. The number of pyridine rings is 1. The standard InChI is InChI=1S/C20H24N2O2S/c1-16-6-2-3-7-18(16)25-17-9-13-22(14-10-17)20(24)11-15-21-12-5-4-8-19(21)23/h2-8,12,17H,9-11,13-15H2,1H3. The lowest BCUT2D eigenvalue weighted by atomic mass is 10.1. The molecule has 5 heteroatoms. The zero-order valence-corrected chi connectivity index (χ0v) is 15.4. The fourth-order valence-corrected chi connectivity index (χ4v) is 4.33. The largest absolute Gasteiger partial charge is 0.343 e. The van der Waals surface area contributed by atoms with Gasteiger partial charge < -0.3 is 9.47 Å². The van der Waals surface area contributed by atoms with E-state index in [4.69, 9.17) is 0 Å². The highest BCUT2D eigenvalue weighted by atomic mass is 32.2. The zero-order valence-electron chi connectivity index (χ0n) is 14.6. The maximum Gasteiger partial charge on any atom is 0.250 e. The summed E-state index contributed by atoms with van der Waals surface area (Å²) in [7, 11) is 0. The summed E-state index contributed by atoms with van der Waals surface area (Å²) in [6.07, 6.45) is 4.17. The monoisotopic (exact) mass is 356 g/mol. The Morgan fingerprint density at radius 3 is 2.56 bits per heavy atom. The lowest BCUT2D eigenvalue weighted by Gasteiger charge is -2.32. The van der Waals surface area contributed by atoms with Crippen LogP contribution in [0.1, 0.15) is 24.8 Å². The second-order valence-electron chi connectivity index (χ2n) is 6.45. The Kier molecular flexibility index (Phi) is 5.97. The quantitative estimate of drug-likeness (QED) is 0.825. The number of amides is 1. The van der Waals surface area contributed by atoms with Crippen molar-refractivity contribution in [1.29, 1.82) is 0 Å². The van der Waals surface area contributed by atoms with Crippen LogP contribution in [-0.2, 0) is 11.3 Å². The minimum Gasteiger partial charge on any atom is -0.343 e. The number of likely N-dealkylation sites (tertiary alicyclic amines) is 1. The number of benzene rings is 1. The second-order valence-corrected chi connectivity index (χ2v) is 7.79. The van der Waals surface area contributed by atoms with Gasteiger partial charge in [0.1, 0.15) is 0 Å². The van der Waals surface area contributed by atoms with Gasteiger partial charge >= 0.3 is 0 Å². The second kappa shape index (κ2) is 8.39. The Hall–Kier alpha value is -2.01. The van der Waals surface area contributed by atoms with E-state index in [1.165, 1.54) is 16.5 Å². The number of carbonyl (C=O) groups is 1. The average molecular weight is 356 g/mol. The molecule has 0 unspecified atom stereocenters. The van der Waals surface area contributed by atoms with Crippen LogP contribution in [0.15, 0.2) is 58.4 Å². The average Bonchev–Trinajstić information content (AvgIpc) is 2.63. The summed E-state index contributed by atoms with van der Waals surface area (Å²) in [6, 6.07) is 13.5. The normalized spacial score (nSPS) is 15.3. The van der Waals surface area contributed by atoms with Crippen LogP contribution in [0.4, 0.5) is 0 Å². The summed E-state index contributed by atoms with van der Waals surface area (Å²) >= 11 is 1.93. The number of nitrogens with zero attached hydrogens (tertiary/aromatic N) is 2. The SMILES string of the molecule is Cc1ccccc1SC1CCN(C(=O)CCn2ccccc2=O)CC1. The van der Waals surface area contributed by atoms with Crippen molar-refractivity contribution in [2.75, 3.05) is 13.1 Å². The van der Waals surface area contributed by atoms with Crippen molar-refractivity contribution in [1.82, 2.24) is 9.47 Å². The van der Waals surface area contributed by atoms with E-state index in [0.717, 1.165) is 25.9 Å². The maximum absolute atomic E-state index is 12.4. The van der Waals surface area contributed by atoms with Crippen LogP contribution >= 0.6 is 11.8 Å². The number of piperidine rings is 1. The maximum atomic E-state index is 12.4. The molecule has 0 saturated carbocycles. The molecule has 1 aromatic carbocycles. The van der Waals surface area contributed by atoms with Gasteiger partial charge in [0.2, 0.25) is 5.91 Å². The molecular formula is C20H24N2O2S. The van der Waals surface area contributed by atoms with E-state index in [0.29, 0.717) is 18.2 Å². The van der Waals surface area contributed by atoms with Crippen molar-refractivity contribution in [2.45, 2.75) is 42.9 Å². The first kappa shape index (κ1) is 17.8. The van der Waals surface area contributed by atoms with Gasteiger partial charge in [-0.1, -0.05) is 24.3 Å². The van der Waals surface area contributed by atoms with Crippen LogP contribution in [0.3, 0.4) is 0 Å². The van der Waals surface area contributed by atoms with Gasteiger partial charge in [-0.15, -0.1) is 11.8 Å². The van der Waals surface area contributed by atoms with E-state index in [2.05, 4.69) is 31.2 Å². The topological polar surface area (TPSA) is 42.3 Å². The van der Waals surface area contributed by atoms with Gasteiger partial charge in [-0.2, -0.15) is 0 Å². The van der Waals surface area contributed by atoms with Crippen LogP contribution in [0.2, 0.25) is 0 Å². The summed E-state index contributed by atoms with van der Waals surface area (Å²) in [5, 5.41) is 0.571. The van der Waals surface area contributed by atoms with Crippen molar-refractivity contribution >= 4 is 17.7 Å². The fraction of sp³-hybridized carbons (Fsp3) is 0.400. The molecule has 0 bridgehead atoms. The molecule has 25 heavy (non-hydrogen) atoms. The van der Waals surface area contributed by atoms with Crippen LogP contribution in [0, 0.1) is 6.92 Å². The molecule has 1 saturated heterocycles. The van der Waals surface area contributed by atoms with Crippen molar-refractivity contribution in [2.24, 2.45) is 0 Å². The molecule has 1 fully saturated rings. The first-order chi connectivity index (χ1) is 12.1. The molecule has 1 aromatic heterocycles. The highest BCUT2D eigenvalue weighted by molar-refractivity contribution is 8.00.